The van der Waals surface area contributed by atoms with Gasteiger partial charge in [-0.05, 0) is 37.6 Å². The number of fused-ring (bicyclic) bond motifs is 4. The van der Waals surface area contributed by atoms with Gasteiger partial charge >= 0.3 is 0 Å². The van der Waals surface area contributed by atoms with Crippen molar-refractivity contribution in [3.8, 4) is 5.75 Å². The van der Waals surface area contributed by atoms with Crippen LogP contribution < -0.4 is 4.74 Å². The number of aromatic amines is 1. The normalized spacial score (nSPS) is 24.6. The monoisotopic (exact) mass is 355 g/mol. The number of aromatic nitrogens is 1. The number of H-pyrrole nitrogens is 1. The zero-order valence-electron chi connectivity index (χ0n) is 15.3. The maximum atomic E-state index is 12.9. The van der Waals surface area contributed by atoms with Crippen LogP contribution in [0, 0.1) is 5.92 Å². The number of nitrogens with one attached hydrogen (secondary N) is 1. The Morgan fingerprint density at radius 2 is 2.12 bits per heavy atom. The van der Waals surface area contributed by atoms with Crippen LogP contribution in [0.1, 0.15) is 30.1 Å². The average Bonchev–Trinajstić information content (AvgIpc) is 3.39. The Kier molecular flexibility index (Phi) is 3.40. The smallest absolute Gasteiger partial charge is 0.226 e. The maximum Gasteiger partial charge on any atom is 0.226 e. The second kappa shape index (κ2) is 5.47. The molecule has 26 heavy (non-hydrogen) atoms. The van der Waals surface area contributed by atoms with E-state index in [0.29, 0.717) is 6.54 Å². The van der Waals surface area contributed by atoms with Gasteiger partial charge in [0.25, 0.3) is 0 Å². The van der Waals surface area contributed by atoms with E-state index in [2.05, 4.69) is 23.0 Å². The SMILES string of the molecule is COc1ccc2c3c([nH]c2c1)[C@@H](CO)N(C(=O)C1CC1)CC31CN(C)C1. The van der Waals surface area contributed by atoms with Gasteiger partial charge in [-0.25, -0.2) is 0 Å². The standard InChI is InChI=1S/C20H25N3O3/c1-22-9-20(10-22)11-23(19(25)12-3-4-12)16(8-24)18-17(20)14-6-5-13(26-2)7-15(14)21-18/h5-7,12,16,21,24H,3-4,8-11H2,1-2H3/t16-/m1/s1. The van der Waals surface area contributed by atoms with E-state index in [0.717, 1.165) is 42.9 Å². The highest BCUT2D eigenvalue weighted by atomic mass is 16.5. The maximum absolute atomic E-state index is 12.9. The lowest BCUT2D eigenvalue weighted by Gasteiger charge is -2.55. The minimum atomic E-state index is -0.284. The van der Waals surface area contributed by atoms with E-state index in [1.54, 1.807) is 7.11 Å². The molecule has 2 fully saturated rings. The number of likely N-dealkylation sites (tertiary alicyclic amines) is 1. The first-order valence-corrected chi connectivity index (χ1v) is 9.36. The van der Waals surface area contributed by atoms with Gasteiger partial charge < -0.3 is 24.6 Å². The fourth-order valence-electron chi connectivity index (χ4n) is 5.05. The quantitative estimate of drug-likeness (QED) is 0.878. The molecule has 1 aromatic heterocycles. The molecule has 6 nitrogen and oxygen atoms in total. The summed E-state index contributed by atoms with van der Waals surface area (Å²) < 4.78 is 5.37. The Morgan fingerprint density at radius 3 is 2.73 bits per heavy atom. The van der Waals surface area contributed by atoms with Crippen LogP contribution in [0.25, 0.3) is 10.9 Å². The highest BCUT2D eigenvalue weighted by molar-refractivity contribution is 5.89. The molecule has 3 heterocycles. The molecule has 1 saturated heterocycles. The van der Waals surface area contributed by atoms with Crippen LogP contribution >= 0.6 is 0 Å². The largest absolute Gasteiger partial charge is 0.497 e. The number of benzene rings is 1. The summed E-state index contributed by atoms with van der Waals surface area (Å²) in [6.07, 6.45) is 1.97. The molecule has 1 atom stereocenters. The third-order valence-electron chi connectivity index (χ3n) is 6.28. The number of aliphatic hydroxyl groups excluding tert-OH is 1. The molecule has 1 aliphatic carbocycles. The van der Waals surface area contributed by atoms with E-state index in [4.69, 9.17) is 4.74 Å². The van der Waals surface area contributed by atoms with Crippen molar-refractivity contribution < 1.29 is 14.6 Å². The molecule has 0 unspecified atom stereocenters. The second-order valence-electron chi connectivity index (χ2n) is 8.22. The number of nitrogens with zero attached hydrogens (tertiary/aromatic N) is 2. The second-order valence-corrected chi connectivity index (χ2v) is 8.22. The van der Waals surface area contributed by atoms with Crippen molar-refractivity contribution in [1.29, 1.82) is 0 Å². The molecule has 6 heteroatoms. The van der Waals surface area contributed by atoms with Gasteiger partial charge in [0.1, 0.15) is 5.75 Å². The number of carbonyl (C=O) groups excluding carboxylic acids is 1. The lowest BCUT2D eigenvalue weighted by atomic mass is 9.69. The van der Waals surface area contributed by atoms with Crippen LogP contribution in [0.2, 0.25) is 0 Å². The van der Waals surface area contributed by atoms with Crippen LogP contribution in [0.15, 0.2) is 18.2 Å². The summed E-state index contributed by atoms with van der Waals surface area (Å²) in [6.45, 7) is 2.52. The summed E-state index contributed by atoms with van der Waals surface area (Å²) in [7, 11) is 3.78. The highest BCUT2D eigenvalue weighted by Crippen LogP contribution is 2.49. The molecular formula is C20H25N3O3. The lowest BCUT2D eigenvalue weighted by Crippen LogP contribution is -2.66. The van der Waals surface area contributed by atoms with Crippen LogP contribution in [0.4, 0.5) is 0 Å². The van der Waals surface area contributed by atoms with E-state index in [9.17, 15) is 9.90 Å². The summed E-state index contributed by atoms with van der Waals surface area (Å²) in [5, 5.41) is 11.3. The van der Waals surface area contributed by atoms with Crippen LogP contribution in [0.3, 0.4) is 0 Å². The zero-order valence-corrected chi connectivity index (χ0v) is 15.3. The first-order chi connectivity index (χ1) is 12.6. The minimum absolute atomic E-state index is 0.0485. The van der Waals surface area contributed by atoms with Gasteiger partial charge in [-0.3, -0.25) is 4.79 Å². The van der Waals surface area contributed by atoms with Gasteiger partial charge in [-0.1, -0.05) is 0 Å². The van der Waals surface area contributed by atoms with Crippen LogP contribution in [-0.2, 0) is 10.2 Å². The predicted octanol–water partition coefficient (Wildman–Crippen LogP) is 1.65. The van der Waals surface area contributed by atoms with Crippen molar-refractivity contribution in [1.82, 2.24) is 14.8 Å². The van der Waals surface area contributed by atoms with Gasteiger partial charge in [-0.2, -0.15) is 0 Å². The fraction of sp³-hybridized carbons (Fsp3) is 0.550. The first-order valence-electron chi connectivity index (χ1n) is 9.36. The van der Waals surface area contributed by atoms with E-state index in [1.165, 1.54) is 10.9 Å². The number of hydrogen-bond donors (Lipinski definition) is 2. The Bertz CT molecular complexity index is 880. The number of carbonyl (C=O) groups is 1. The number of hydrogen-bond acceptors (Lipinski definition) is 4. The molecule has 2 aromatic rings. The fourth-order valence-corrected chi connectivity index (χ4v) is 5.05. The molecule has 1 aromatic carbocycles. The van der Waals surface area contributed by atoms with Crippen LogP contribution in [-0.4, -0.2) is 66.2 Å². The van der Waals surface area contributed by atoms with E-state index >= 15 is 0 Å². The first kappa shape index (κ1) is 16.1. The number of aliphatic hydroxyl groups is 1. The summed E-state index contributed by atoms with van der Waals surface area (Å²) in [4.78, 5) is 20.7. The Balaban J connectivity index is 1.68. The zero-order chi connectivity index (χ0) is 18.1. The van der Waals surface area contributed by atoms with Crippen molar-refractivity contribution in [2.24, 2.45) is 5.92 Å². The number of ether oxygens (including phenoxy) is 1. The third kappa shape index (κ3) is 2.15. The summed E-state index contributed by atoms with van der Waals surface area (Å²) in [6, 6.07) is 5.82. The number of methoxy groups -OCH3 is 1. The predicted molar refractivity (Wildman–Crippen MR) is 98.3 cm³/mol. The summed E-state index contributed by atoms with van der Waals surface area (Å²) in [5.41, 5.74) is 3.26. The molecule has 3 aliphatic rings. The Morgan fingerprint density at radius 1 is 1.35 bits per heavy atom. The van der Waals surface area contributed by atoms with Crippen molar-refractivity contribution in [2.75, 3.05) is 40.4 Å². The molecule has 1 amide bonds. The minimum Gasteiger partial charge on any atom is -0.497 e. The Labute approximate surface area is 152 Å². The van der Waals surface area contributed by atoms with Crippen molar-refractivity contribution in [3.05, 3.63) is 29.5 Å². The van der Waals surface area contributed by atoms with Crippen molar-refractivity contribution >= 4 is 16.8 Å². The number of likely N-dealkylation sites (N-methyl/N-ethyl adjacent to an activating group) is 1. The number of amides is 1. The molecule has 138 valence electrons. The van der Waals surface area contributed by atoms with E-state index in [-0.39, 0.29) is 29.9 Å². The van der Waals surface area contributed by atoms with Crippen molar-refractivity contribution in [3.63, 3.8) is 0 Å². The van der Waals surface area contributed by atoms with Crippen molar-refractivity contribution in [2.45, 2.75) is 24.3 Å². The molecule has 5 rings (SSSR count). The summed E-state index contributed by atoms with van der Waals surface area (Å²) >= 11 is 0. The third-order valence-corrected chi connectivity index (χ3v) is 6.28. The van der Waals surface area contributed by atoms with Gasteiger partial charge in [0.15, 0.2) is 0 Å². The van der Waals surface area contributed by atoms with E-state index in [1.807, 2.05) is 17.0 Å². The molecule has 0 radical (unpaired) electrons. The van der Waals surface area contributed by atoms with E-state index < -0.39 is 0 Å². The molecule has 1 spiro atoms. The molecule has 0 bridgehead atoms. The van der Waals surface area contributed by atoms with Crippen LogP contribution in [0.5, 0.6) is 5.75 Å². The molecule has 1 saturated carbocycles. The molecular weight excluding hydrogens is 330 g/mol. The number of rotatable bonds is 3. The van der Waals surface area contributed by atoms with Gasteiger partial charge in [0, 0.05) is 53.6 Å². The lowest BCUT2D eigenvalue weighted by molar-refractivity contribution is -0.140. The molecule has 2 N–H and O–H groups in total. The topological polar surface area (TPSA) is 68.8 Å². The highest BCUT2D eigenvalue weighted by Gasteiger charge is 2.53. The van der Waals surface area contributed by atoms with Gasteiger partial charge in [-0.15, -0.1) is 0 Å². The average molecular weight is 355 g/mol. The van der Waals surface area contributed by atoms with Gasteiger partial charge in [0.2, 0.25) is 5.91 Å². The molecule has 2 aliphatic heterocycles. The Hall–Kier alpha value is -2.05. The van der Waals surface area contributed by atoms with Gasteiger partial charge in [0.05, 0.1) is 19.8 Å². The summed E-state index contributed by atoms with van der Waals surface area (Å²) in [5.74, 6) is 1.17.